The van der Waals surface area contributed by atoms with Crippen LogP contribution in [0.3, 0.4) is 0 Å². The highest BCUT2D eigenvalue weighted by Gasteiger charge is 2.45. The molecule has 0 amide bonds. The van der Waals surface area contributed by atoms with Crippen LogP contribution in [0.25, 0.3) is 0 Å². The Hall–Kier alpha value is -1.58. The van der Waals surface area contributed by atoms with Crippen molar-refractivity contribution in [3.05, 3.63) is 23.8 Å². The molecule has 0 atom stereocenters. The molecule has 76 valence electrons. The molecule has 0 saturated heterocycles. The van der Waals surface area contributed by atoms with Crippen molar-refractivity contribution in [1.29, 1.82) is 0 Å². The topological polar surface area (TPSA) is 74.6 Å². The van der Waals surface area contributed by atoms with Gasteiger partial charge in [-0.15, -0.1) is 0 Å². The minimum Gasteiger partial charge on any atom is -0.480 e. The second-order valence-corrected chi connectivity index (χ2v) is 3.30. The zero-order valence-corrected chi connectivity index (χ0v) is 7.86. The summed E-state index contributed by atoms with van der Waals surface area (Å²) in [7, 11) is 0. The van der Waals surface area contributed by atoms with Crippen molar-refractivity contribution in [2.45, 2.75) is 19.8 Å². The van der Waals surface area contributed by atoms with Gasteiger partial charge in [0.15, 0.2) is 5.41 Å². The molecule has 0 unspecified atom stereocenters. The lowest BCUT2D eigenvalue weighted by atomic mass is 9.78. The van der Waals surface area contributed by atoms with Gasteiger partial charge in [-0.2, -0.15) is 0 Å². The number of rotatable bonds is 3. The van der Waals surface area contributed by atoms with Crippen LogP contribution in [0.4, 0.5) is 0 Å². The summed E-state index contributed by atoms with van der Waals surface area (Å²) in [6.45, 7) is 1.87. The fourth-order valence-corrected chi connectivity index (χ4v) is 1.45. The molecule has 0 bridgehead atoms. The minimum atomic E-state index is -1.76. The lowest BCUT2D eigenvalue weighted by Gasteiger charge is -2.24. The first-order chi connectivity index (χ1) is 6.53. The number of aliphatic carboxylic acids is 2. The molecular weight excluding hydrogens is 184 g/mol. The van der Waals surface area contributed by atoms with Crippen LogP contribution in [0, 0.1) is 5.41 Å². The molecule has 0 aromatic rings. The van der Waals surface area contributed by atoms with Gasteiger partial charge >= 0.3 is 11.9 Å². The lowest BCUT2D eigenvalue weighted by Crippen LogP contribution is -2.38. The van der Waals surface area contributed by atoms with Crippen LogP contribution in [-0.2, 0) is 9.59 Å². The molecule has 1 aliphatic rings. The van der Waals surface area contributed by atoms with Crippen molar-refractivity contribution in [2.75, 3.05) is 0 Å². The molecule has 0 aromatic carbocycles. The van der Waals surface area contributed by atoms with Crippen LogP contribution in [0.5, 0.6) is 0 Å². The maximum absolute atomic E-state index is 10.9. The summed E-state index contributed by atoms with van der Waals surface area (Å²) in [6, 6.07) is 0. The molecule has 0 aromatic heterocycles. The number of carboxylic acids is 2. The van der Waals surface area contributed by atoms with Crippen molar-refractivity contribution in [3.8, 4) is 0 Å². The molecule has 0 spiro atoms. The van der Waals surface area contributed by atoms with E-state index < -0.39 is 17.4 Å². The van der Waals surface area contributed by atoms with Crippen LogP contribution >= 0.6 is 0 Å². The SMILES string of the molecule is CCC1=CC=CC(C(=O)O)(C(=O)O)C1. The zero-order chi connectivity index (χ0) is 10.8. The summed E-state index contributed by atoms with van der Waals surface area (Å²) in [5.41, 5.74) is -0.919. The third-order valence-corrected chi connectivity index (χ3v) is 2.44. The van der Waals surface area contributed by atoms with E-state index in [9.17, 15) is 9.59 Å². The number of carboxylic acid groups (broad SMARTS) is 2. The molecule has 4 nitrogen and oxygen atoms in total. The Balaban J connectivity index is 3.06. The number of allylic oxidation sites excluding steroid dienone is 3. The molecule has 1 rings (SSSR count). The third-order valence-electron chi connectivity index (χ3n) is 2.44. The van der Waals surface area contributed by atoms with Gasteiger partial charge in [0.25, 0.3) is 0 Å². The van der Waals surface area contributed by atoms with Crippen molar-refractivity contribution < 1.29 is 19.8 Å². The van der Waals surface area contributed by atoms with Crippen LogP contribution < -0.4 is 0 Å². The Morgan fingerprint density at radius 1 is 1.43 bits per heavy atom. The highest BCUT2D eigenvalue weighted by Crippen LogP contribution is 2.33. The normalized spacial score (nSPS) is 18.8. The van der Waals surface area contributed by atoms with E-state index in [1.165, 1.54) is 12.2 Å². The zero-order valence-electron chi connectivity index (χ0n) is 7.86. The molecular formula is C10H12O4. The molecule has 0 saturated carbocycles. The van der Waals surface area contributed by atoms with Gasteiger partial charge in [-0.05, 0) is 12.8 Å². The maximum atomic E-state index is 10.9. The molecule has 1 aliphatic carbocycles. The van der Waals surface area contributed by atoms with Gasteiger partial charge in [0.05, 0.1) is 0 Å². The smallest absolute Gasteiger partial charge is 0.325 e. The molecule has 4 heteroatoms. The Kier molecular flexibility index (Phi) is 2.74. The molecule has 0 fully saturated rings. The standard InChI is InChI=1S/C10H12O4/c1-2-7-4-3-5-10(6-7,8(11)12)9(13)14/h3-5H,2,6H2,1H3,(H,11,12)(H,13,14). The molecule has 0 aliphatic heterocycles. The van der Waals surface area contributed by atoms with Crippen LogP contribution in [-0.4, -0.2) is 22.2 Å². The Bertz CT molecular complexity index is 311. The van der Waals surface area contributed by atoms with Gasteiger partial charge in [0.2, 0.25) is 0 Å². The second kappa shape index (κ2) is 3.65. The summed E-state index contributed by atoms with van der Waals surface area (Å²) < 4.78 is 0. The van der Waals surface area contributed by atoms with Crippen LogP contribution in [0.1, 0.15) is 19.8 Å². The van der Waals surface area contributed by atoms with Gasteiger partial charge < -0.3 is 10.2 Å². The molecule has 0 heterocycles. The van der Waals surface area contributed by atoms with Crippen LogP contribution in [0.2, 0.25) is 0 Å². The summed E-state index contributed by atoms with van der Waals surface area (Å²) in [5.74, 6) is -2.61. The number of carbonyl (C=O) groups is 2. The Morgan fingerprint density at radius 2 is 2.00 bits per heavy atom. The highest BCUT2D eigenvalue weighted by atomic mass is 16.4. The van der Waals surface area contributed by atoms with Crippen molar-refractivity contribution in [1.82, 2.24) is 0 Å². The molecule has 2 N–H and O–H groups in total. The first-order valence-corrected chi connectivity index (χ1v) is 4.37. The van der Waals surface area contributed by atoms with E-state index in [2.05, 4.69) is 0 Å². The first kappa shape index (κ1) is 10.5. The van der Waals surface area contributed by atoms with E-state index in [-0.39, 0.29) is 6.42 Å². The predicted molar refractivity (Wildman–Crippen MR) is 49.8 cm³/mol. The first-order valence-electron chi connectivity index (χ1n) is 4.37. The average molecular weight is 196 g/mol. The van der Waals surface area contributed by atoms with Crippen molar-refractivity contribution in [3.63, 3.8) is 0 Å². The monoisotopic (exact) mass is 196 g/mol. The fraction of sp³-hybridized carbons (Fsp3) is 0.400. The van der Waals surface area contributed by atoms with E-state index in [1.807, 2.05) is 6.92 Å². The van der Waals surface area contributed by atoms with E-state index >= 15 is 0 Å². The minimum absolute atomic E-state index is 0.0602. The summed E-state index contributed by atoms with van der Waals surface area (Å²) in [6.07, 6.45) is 5.24. The second-order valence-electron chi connectivity index (χ2n) is 3.30. The summed E-state index contributed by atoms with van der Waals surface area (Å²) in [5, 5.41) is 17.8. The quantitative estimate of drug-likeness (QED) is 0.670. The van der Waals surface area contributed by atoms with E-state index in [4.69, 9.17) is 10.2 Å². The number of hydrogen-bond donors (Lipinski definition) is 2. The Morgan fingerprint density at radius 3 is 2.43 bits per heavy atom. The van der Waals surface area contributed by atoms with E-state index in [0.717, 1.165) is 5.57 Å². The predicted octanol–water partition coefficient (Wildman–Crippen LogP) is 1.44. The van der Waals surface area contributed by atoms with Crippen LogP contribution in [0.15, 0.2) is 23.8 Å². The third kappa shape index (κ3) is 1.55. The van der Waals surface area contributed by atoms with Gasteiger partial charge in [-0.1, -0.05) is 30.7 Å². The van der Waals surface area contributed by atoms with Gasteiger partial charge in [-0.3, -0.25) is 9.59 Å². The number of hydrogen-bond acceptors (Lipinski definition) is 2. The average Bonchev–Trinajstić information content (AvgIpc) is 2.17. The molecule has 14 heavy (non-hydrogen) atoms. The Labute approximate surface area is 81.6 Å². The largest absolute Gasteiger partial charge is 0.480 e. The van der Waals surface area contributed by atoms with Crippen molar-refractivity contribution in [2.24, 2.45) is 5.41 Å². The maximum Gasteiger partial charge on any atom is 0.325 e. The van der Waals surface area contributed by atoms with E-state index in [1.54, 1.807) is 6.08 Å². The molecule has 0 radical (unpaired) electrons. The highest BCUT2D eigenvalue weighted by molar-refractivity contribution is 6.01. The lowest BCUT2D eigenvalue weighted by molar-refractivity contribution is -0.160. The summed E-state index contributed by atoms with van der Waals surface area (Å²) >= 11 is 0. The van der Waals surface area contributed by atoms with Crippen molar-refractivity contribution >= 4 is 11.9 Å². The fourth-order valence-electron chi connectivity index (χ4n) is 1.45. The van der Waals surface area contributed by atoms with E-state index in [0.29, 0.717) is 6.42 Å². The van der Waals surface area contributed by atoms with Gasteiger partial charge in [0.1, 0.15) is 0 Å². The summed E-state index contributed by atoms with van der Waals surface area (Å²) in [4.78, 5) is 21.8. The van der Waals surface area contributed by atoms with Gasteiger partial charge in [-0.25, -0.2) is 0 Å². The van der Waals surface area contributed by atoms with Gasteiger partial charge in [0, 0.05) is 0 Å².